The predicted octanol–water partition coefficient (Wildman–Crippen LogP) is 1.83. The van der Waals surface area contributed by atoms with Gasteiger partial charge in [0.25, 0.3) is 0 Å². The molecule has 0 saturated carbocycles. The maximum absolute atomic E-state index is 11.4. The fourth-order valence-corrected chi connectivity index (χ4v) is 1.22. The van der Waals surface area contributed by atoms with Gasteiger partial charge in [0.1, 0.15) is 5.69 Å². The molecular weight excluding hydrogens is 234 g/mol. The third-order valence-electron chi connectivity index (χ3n) is 1.97. The maximum Gasteiger partial charge on any atom is 0.356 e. The molecule has 0 bridgehead atoms. The van der Waals surface area contributed by atoms with E-state index in [4.69, 9.17) is 9.47 Å². The summed E-state index contributed by atoms with van der Waals surface area (Å²) in [5.74, 6) is -0.907. The van der Waals surface area contributed by atoms with Gasteiger partial charge in [0.2, 0.25) is 0 Å². The van der Waals surface area contributed by atoms with Crippen molar-refractivity contribution in [2.24, 2.45) is 0 Å². The third kappa shape index (κ3) is 4.37. The van der Waals surface area contributed by atoms with Gasteiger partial charge in [-0.3, -0.25) is 0 Å². The molecule has 18 heavy (non-hydrogen) atoms. The molecule has 5 heteroatoms. The lowest BCUT2D eigenvalue weighted by atomic mass is 10.2. The molecule has 0 aliphatic carbocycles. The van der Waals surface area contributed by atoms with Gasteiger partial charge in [0.15, 0.2) is 0 Å². The van der Waals surface area contributed by atoms with Gasteiger partial charge in [-0.1, -0.05) is 0 Å². The second-order valence-corrected chi connectivity index (χ2v) is 3.28. The van der Waals surface area contributed by atoms with Crippen LogP contribution in [-0.4, -0.2) is 30.1 Å². The molecule has 0 aliphatic heterocycles. The number of ether oxygens (including phenoxy) is 2. The Morgan fingerprint density at radius 3 is 2.67 bits per heavy atom. The highest BCUT2D eigenvalue weighted by Gasteiger charge is 2.07. The molecule has 1 aromatic rings. The monoisotopic (exact) mass is 249 g/mol. The average molecular weight is 249 g/mol. The van der Waals surface area contributed by atoms with Crippen molar-refractivity contribution in [3.8, 4) is 0 Å². The van der Waals surface area contributed by atoms with Crippen molar-refractivity contribution < 1.29 is 19.1 Å². The number of pyridine rings is 1. The van der Waals surface area contributed by atoms with E-state index >= 15 is 0 Å². The van der Waals surface area contributed by atoms with Crippen molar-refractivity contribution in [2.75, 3.05) is 13.2 Å². The van der Waals surface area contributed by atoms with Crippen LogP contribution in [0.5, 0.6) is 0 Å². The van der Waals surface area contributed by atoms with Crippen molar-refractivity contribution in [3.63, 3.8) is 0 Å². The first-order valence-corrected chi connectivity index (χ1v) is 5.65. The number of esters is 2. The smallest absolute Gasteiger partial charge is 0.356 e. The first-order chi connectivity index (χ1) is 8.67. The van der Waals surface area contributed by atoms with Gasteiger partial charge in [0, 0.05) is 12.3 Å². The van der Waals surface area contributed by atoms with E-state index in [0.29, 0.717) is 18.8 Å². The SMILES string of the molecule is CCOC(=O)/C=C/c1ccnc(C(=O)OCC)c1. The van der Waals surface area contributed by atoms with Crippen LogP contribution in [0.2, 0.25) is 0 Å². The lowest BCUT2D eigenvalue weighted by Crippen LogP contribution is -2.06. The fraction of sp³-hybridized carbons (Fsp3) is 0.308. The summed E-state index contributed by atoms with van der Waals surface area (Å²) in [4.78, 5) is 26.5. The molecule has 0 unspecified atom stereocenters. The van der Waals surface area contributed by atoms with E-state index < -0.39 is 11.9 Å². The number of carbonyl (C=O) groups excluding carboxylic acids is 2. The molecule has 0 aliphatic rings. The molecule has 5 nitrogen and oxygen atoms in total. The third-order valence-corrected chi connectivity index (χ3v) is 1.97. The van der Waals surface area contributed by atoms with Crippen LogP contribution in [0.1, 0.15) is 29.9 Å². The summed E-state index contributed by atoms with van der Waals surface area (Å²) in [5.41, 5.74) is 0.893. The number of nitrogens with zero attached hydrogens (tertiary/aromatic N) is 1. The highest BCUT2D eigenvalue weighted by atomic mass is 16.5. The lowest BCUT2D eigenvalue weighted by Gasteiger charge is -2.01. The summed E-state index contributed by atoms with van der Waals surface area (Å²) in [5, 5.41) is 0. The normalized spacial score (nSPS) is 10.3. The Bertz CT molecular complexity index is 454. The molecule has 0 N–H and O–H groups in total. The highest BCUT2D eigenvalue weighted by molar-refractivity contribution is 5.89. The molecule has 1 aromatic heterocycles. The number of hydrogen-bond acceptors (Lipinski definition) is 5. The van der Waals surface area contributed by atoms with E-state index in [1.165, 1.54) is 12.3 Å². The second-order valence-electron chi connectivity index (χ2n) is 3.28. The molecule has 0 spiro atoms. The van der Waals surface area contributed by atoms with Crippen LogP contribution in [0.25, 0.3) is 6.08 Å². The molecule has 0 fully saturated rings. The Balaban J connectivity index is 2.76. The quantitative estimate of drug-likeness (QED) is 0.588. The van der Waals surface area contributed by atoms with Crippen LogP contribution in [0.3, 0.4) is 0 Å². The second kappa shape index (κ2) is 7.21. The van der Waals surface area contributed by atoms with Gasteiger partial charge >= 0.3 is 11.9 Å². The maximum atomic E-state index is 11.4. The van der Waals surface area contributed by atoms with Gasteiger partial charge in [-0.2, -0.15) is 0 Å². The van der Waals surface area contributed by atoms with Gasteiger partial charge in [-0.15, -0.1) is 0 Å². The van der Waals surface area contributed by atoms with E-state index in [9.17, 15) is 9.59 Å². The molecule has 96 valence electrons. The minimum Gasteiger partial charge on any atom is -0.463 e. The first kappa shape index (κ1) is 13.9. The topological polar surface area (TPSA) is 65.5 Å². The molecule has 0 aromatic carbocycles. The summed E-state index contributed by atoms with van der Waals surface area (Å²) >= 11 is 0. The number of aromatic nitrogens is 1. The summed E-state index contributed by atoms with van der Waals surface area (Å²) in [6.07, 6.45) is 4.34. The molecular formula is C13H15NO4. The lowest BCUT2D eigenvalue weighted by molar-refractivity contribution is -0.137. The van der Waals surface area contributed by atoms with E-state index in [1.54, 1.807) is 32.1 Å². The van der Waals surface area contributed by atoms with Crippen LogP contribution < -0.4 is 0 Å². The Labute approximate surface area is 105 Å². The summed E-state index contributed by atoms with van der Waals surface area (Å²) in [6, 6.07) is 3.23. The molecule has 1 heterocycles. The minimum atomic E-state index is -0.483. The predicted molar refractivity (Wildman–Crippen MR) is 65.9 cm³/mol. The average Bonchev–Trinajstić information content (AvgIpc) is 2.37. The molecule has 0 saturated heterocycles. The zero-order valence-corrected chi connectivity index (χ0v) is 10.4. The van der Waals surface area contributed by atoms with Gasteiger partial charge in [-0.25, -0.2) is 14.6 Å². The summed E-state index contributed by atoms with van der Waals surface area (Å²) < 4.78 is 9.58. The van der Waals surface area contributed by atoms with Crippen LogP contribution in [0, 0.1) is 0 Å². The zero-order chi connectivity index (χ0) is 13.4. The highest BCUT2D eigenvalue weighted by Crippen LogP contribution is 2.06. The molecule has 0 amide bonds. The first-order valence-electron chi connectivity index (χ1n) is 5.65. The largest absolute Gasteiger partial charge is 0.463 e. The van der Waals surface area contributed by atoms with Crippen molar-refractivity contribution in [3.05, 3.63) is 35.7 Å². The number of rotatable bonds is 5. The number of carbonyl (C=O) groups is 2. The van der Waals surface area contributed by atoms with Crippen LogP contribution in [0.4, 0.5) is 0 Å². The van der Waals surface area contributed by atoms with Gasteiger partial charge in [0.05, 0.1) is 13.2 Å². The van der Waals surface area contributed by atoms with Gasteiger partial charge < -0.3 is 9.47 Å². The molecule has 0 atom stereocenters. The molecule has 0 radical (unpaired) electrons. The van der Waals surface area contributed by atoms with Crippen LogP contribution in [-0.2, 0) is 14.3 Å². The van der Waals surface area contributed by atoms with Crippen molar-refractivity contribution in [1.29, 1.82) is 0 Å². The van der Waals surface area contributed by atoms with E-state index in [-0.39, 0.29) is 5.69 Å². The van der Waals surface area contributed by atoms with Crippen LogP contribution >= 0.6 is 0 Å². The fourth-order valence-electron chi connectivity index (χ4n) is 1.22. The summed E-state index contributed by atoms with van der Waals surface area (Å²) in [7, 11) is 0. The van der Waals surface area contributed by atoms with Crippen molar-refractivity contribution >= 4 is 18.0 Å². The Kier molecular flexibility index (Phi) is 5.57. The zero-order valence-electron chi connectivity index (χ0n) is 10.4. The standard InChI is InChI=1S/C13H15NO4/c1-3-17-12(15)6-5-10-7-8-14-11(9-10)13(16)18-4-2/h5-9H,3-4H2,1-2H3/b6-5+. The molecule has 1 rings (SSSR count). The minimum absolute atomic E-state index is 0.211. The Morgan fingerprint density at radius 2 is 2.00 bits per heavy atom. The number of hydrogen-bond donors (Lipinski definition) is 0. The van der Waals surface area contributed by atoms with Crippen molar-refractivity contribution in [1.82, 2.24) is 4.98 Å². The Morgan fingerprint density at radius 1 is 1.28 bits per heavy atom. The van der Waals surface area contributed by atoms with Gasteiger partial charge in [-0.05, 0) is 37.6 Å². The van der Waals surface area contributed by atoms with Crippen molar-refractivity contribution in [2.45, 2.75) is 13.8 Å². The van der Waals surface area contributed by atoms with E-state index in [1.807, 2.05) is 0 Å². The Hall–Kier alpha value is -2.17. The van der Waals surface area contributed by atoms with Crippen LogP contribution in [0.15, 0.2) is 24.4 Å². The van der Waals surface area contributed by atoms with E-state index in [2.05, 4.69) is 4.98 Å². The summed E-state index contributed by atoms with van der Waals surface area (Å²) in [6.45, 7) is 4.08. The van der Waals surface area contributed by atoms with E-state index in [0.717, 1.165) is 0 Å².